The van der Waals surface area contributed by atoms with Gasteiger partial charge in [-0.1, -0.05) is 83.1 Å². The fourth-order valence-corrected chi connectivity index (χ4v) is 4.06. The molecule has 4 atom stereocenters. The Morgan fingerprint density at radius 1 is 0.524 bits per heavy atom. The SMILES string of the molecule is CC.CC(C)CC(C(C)C)C(C)C(C(C)C)C(C)C(C)C. The molecule has 0 spiro atoms. The van der Waals surface area contributed by atoms with Crippen molar-refractivity contribution in [1.29, 1.82) is 0 Å². The molecular weight excluding hydrogens is 252 g/mol. The number of hydrogen-bond acceptors (Lipinski definition) is 0. The summed E-state index contributed by atoms with van der Waals surface area (Å²) in [5.41, 5.74) is 0. The third-order valence-electron chi connectivity index (χ3n) is 5.31. The Bertz CT molecular complexity index is 224. The van der Waals surface area contributed by atoms with Gasteiger partial charge in [0.25, 0.3) is 0 Å². The molecule has 0 aliphatic carbocycles. The molecule has 0 bridgehead atoms. The van der Waals surface area contributed by atoms with Gasteiger partial charge in [0, 0.05) is 0 Å². The highest BCUT2D eigenvalue weighted by Crippen LogP contribution is 2.41. The van der Waals surface area contributed by atoms with E-state index in [4.69, 9.17) is 0 Å². The predicted octanol–water partition coefficient (Wildman–Crippen LogP) is 7.53. The Labute approximate surface area is 137 Å². The maximum atomic E-state index is 2.52. The van der Waals surface area contributed by atoms with E-state index in [2.05, 4.69) is 69.2 Å². The average Bonchev–Trinajstić information content (AvgIpc) is 2.37. The normalized spacial score (nSPS) is 17.7. The van der Waals surface area contributed by atoms with Gasteiger partial charge in [0.2, 0.25) is 0 Å². The molecule has 0 amide bonds. The van der Waals surface area contributed by atoms with Crippen LogP contribution in [0.4, 0.5) is 0 Å². The number of hydrogen-bond donors (Lipinski definition) is 0. The Morgan fingerprint density at radius 3 is 1.19 bits per heavy atom. The summed E-state index contributed by atoms with van der Waals surface area (Å²) < 4.78 is 0. The van der Waals surface area contributed by atoms with Gasteiger partial charge in [0.1, 0.15) is 0 Å². The quantitative estimate of drug-likeness (QED) is 0.434. The van der Waals surface area contributed by atoms with E-state index in [1.54, 1.807) is 0 Å². The standard InChI is InChI=1S/C19H40.C2H6/c1-12(2)11-18(14(5)6)17(10)19(15(7)8)16(9)13(3)4;1-2/h12-19H,11H2,1-10H3;1-2H3. The Morgan fingerprint density at radius 2 is 0.952 bits per heavy atom. The third-order valence-corrected chi connectivity index (χ3v) is 5.31. The molecule has 4 unspecified atom stereocenters. The van der Waals surface area contributed by atoms with Crippen LogP contribution in [-0.4, -0.2) is 0 Å². The van der Waals surface area contributed by atoms with Crippen LogP contribution in [0.15, 0.2) is 0 Å². The minimum absolute atomic E-state index is 0.792. The zero-order valence-electron chi connectivity index (χ0n) is 17.3. The fourth-order valence-electron chi connectivity index (χ4n) is 4.06. The maximum absolute atomic E-state index is 2.52. The minimum atomic E-state index is 0.792. The van der Waals surface area contributed by atoms with E-state index in [0.717, 1.165) is 47.3 Å². The van der Waals surface area contributed by atoms with Crippen molar-refractivity contribution in [3.05, 3.63) is 0 Å². The lowest BCUT2D eigenvalue weighted by Crippen LogP contribution is -2.34. The molecule has 0 aromatic carbocycles. The summed E-state index contributed by atoms with van der Waals surface area (Å²) in [6, 6.07) is 0. The zero-order valence-corrected chi connectivity index (χ0v) is 17.3. The monoisotopic (exact) mass is 298 g/mol. The molecule has 0 fully saturated rings. The molecule has 0 heterocycles. The van der Waals surface area contributed by atoms with E-state index < -0.39 is 0 Å². The summed E-state index contributed by atoms with van der Waals surface area (Å²) in [7, 11) is 0. The molecule has 0 aromatic heterocycles. The molecule has 0 heteroatoms. The van der Waals surface area contributed by atoms with Gasteiger partial charge in [-0.2, -0.15) is 0 Å². The zero-order chi connectivity index (χ0) is 17.3. The molecule has 0 saturated carbocycles. The van der Waals surface area contributed by atoms with Gasteiger partial charge >= 0.3 is 0 Å². The van der Waals surface area contributed by atoms with Gasteiger partial charge in [0.15, 0.2) is 0 Å². The smallest absolute Gasteiger partial charge is 0.0334 e. The van der Waals surface area contributed by atoms with Gasteiger partial charge in [-0.25, -0.2) is 0 Å². The summed E-state index contributed by atoms with van der Waals surface area (Å²) in [5, 5.41) is 0. The van der Waals surface area contributed by atoms with Gasteiger partial charge in [-0.3, -0.25) is 0 Å². The molecule has 0 aliphatic heterocycles. The lowest BCUT2D eigenvalue weighted by atomic mass is 9.64. The Hall–Kier alpha value is 0. The van der Waals surface area contributed by atoms with Crippen molar-refractivity contribution in [2.45, 2.75) is 89.5 Å². The van der Waals surface area contributed by atoms with Crippen molar-refractivity contribution in [3.8, 4) is 0 Å². The van der Waals surface area contributed by atoms with E-state index in [1.165, 1.54) is 6.42 Å². The van der Waals surface area contributed by atoms with Gasteiger partial charge in [-0.05, 0) is 53.8 Å². The Kier molecular flexibility index (Phi) is 12.8. The lowest BCUT2D eigenvalue weighted by Gasteiger charge is -2.41. The summed E-state index contributed by atoms with van der Waals surface area (Å²) in [4.78, 5) is 0. The highest BCUT2D eigenvalue weighted by molar-refractivity contribution is 4.83. The Balaban J connectivity index is 0. The number of rotatable bonds is 8. The van der Waals surface area contributed by atoms with Crippen molar-refractivity contribution in [1.82, 2.24) is 0 Å². The first-order valence-corrected chi connectivity index (χ1v) is 9.59. The van der Waals surface area contributed by atoms with Crippen LogP contribution in [0, 0.1) is 47.3 Å². The van der Waals surface area contributed by atoms with Crippen LogP contribution in [0.5, 0.6) is 0 Å². The second-order valence-electron chi connectivity index (χ2n) is 8.32. The summed E-state index contributed by atoms with van der Waals surface area (Å²) in [5.74, 6) is 6.58. The van der Waals surface area contributed by atoms with Crippen LogP contribution in [-0.2, 0) is 0 Å². The van der Waals surface area contributed by atoms with Gasteiger partial charge < -0.3 is 0 Å². The van der Waals surface area contributed by atoms with Crippen LogP contribution in [0.2, 0.25) is 0 Å². The summed E-state index contributed by atoms with van der Waals surface area (Å²) in [6.45, 7) is 28.2. The van der Waals surface area contributed by atoms with Crippen molar-refractivity contribution in [2.75, 3.05) is 0 Å². The van der Waals surface area contributed by atoms with Crippen LogP contribution in [0.3, 0.4) is 0 Å². The fraction of sp³-hybridized carbons (Fsp3) is 1.00. The molecule has 0 saturated heterocycles. The highest BCUT2D eigenvalue weighted by atomic mass is 14.4. The van der Waals surface area contributed by atoms with E-state index in [1.807, 2.05) is 13.8 Å². The third kappa shape index (κ3) is 8.27. The minimum Gasteiger partial charge on any atom is -0.0683 e. The summed E-state index contributed by atoms with van der Waals surface area (Å²) in [6.07, 6.45) is 1.38. The second-order valence-corrected chi connectivity index (χ2v) is 8.32. The molecule has 0 N–H and O–H groups in total. The molecule has 0 rings (SSSR count). The maximum Gasteiger partial charge on any atom is -0.0334 e. The van der Waals surface area contributed by atoms with Crippen LogP contribution < -0.4 is 0 Å². The van der Waals surface area contributed by atoms with E-state index >= 15 is 0 Å². The first kappa shape index (κ1) is 23.3. The predicted molar refractivity (Wildman–Crippen MR) is 101 cm³/mol. The van der Waals surface area contributed by atoms with Gasteiger partial charge in [0.05, 0.1) is 0 Å². The van der Waals surface area contributed by atoms with Gasteiger partial charge in [-0.15, -0.1) is 0 Å². The van der Waals surface area contributed by atoms with Crippen LogP contribution in [0.25, 0.3) is 0 Å². The lowest BCUT2D eigenvalue weighted by molar-refractivity contribution is 0.0764. The molecular formula is C21H46. The largest absolute Gasteiger partial charge is 0.0683 e. The second kappa shape index (κ2) is 11.6. The van der Waals surface area contributed by atoms with E-state index in [0.29, 0.717) is 0 Å². The topological polar surface area (TPSA) is 0 Å². The van der Waals surface area contributed by atoms with Crippen molar-refractivity contribution < 1.29 is 0 Å². The van der Waals surface area contributed by atoms with E-state index in [9.17, 15) is 0 Å². The molecule has 0 radical (unpaired) electrons. The first-order valence-electron chi connectivity index (χ1n) is 9.59. The molecule has 0 aromatic rings. The van der Waals surface area contributed by atoms with Crippen molar-refractivity contribution >= 4 is 0 Å². The molecule has 0 aliphatic rings. The van der Waals surface area contributed by atoms with Crippen molar-refractivity contribution in [2.24, 2.45) is 47.3 Å². The van der Waals surface area contributed by atoms with Crippen molar-refractivity contribution in [3.63, 3.8) is 0 Å². The summed E-state index contributed by atoms with van der Waals surface area (Å²) >= 11 is 0. The first-order chi connectivity index (χ1) is 9.59. The van der Waals surface area contributed by atoms with Crippen LogP contribution >= 0.6 is 0 Å². The average molecular weight is 299 g/mol. The van der Waals surface area contributed by atoms with Crippen LogP contribution in [0.1, 0.15) is 89.5 Å². The van der Waals surface area contributed by atoms with E-state index in [-0.39, 0.29) is 0 Å². The molecule has 130 valence electrons. The molecule has 21 heavy (non-hydrogen) atoms. The highest BCUT2D eigenvalue weighted by Gasteiger charge is 2.34. The molecule has 0 nitrogen and oxygen atoms in total.